The number of aryl methyl sites for hydroxylation is 1. The Morgan fingerprint density at radius 3 is 2.38 bits per heavy atom. The number of nitrogens with one attached hydrogen (secondary N) is 1. The van der Waals surface area contributed by atoms with Gasteiger partial charge < -0.3 is 10.1 Å². The number of non-ortho nitro benzene ring substituents is 1. The smallest absolute Gasteiger partial charge is 0.271 e. The van der Waals surface area contributed by atoms with Gasteiger partial charge in [-0.2, -0.15) is 0 Å². The lowest BCUT2D eigenvalue weighted by Gasteiger charge is -2.31. The Morgan fingerprint density at radius 2 is 1.88 bits per heavy atom. The minimum Gasteiger partial charge on any atom is -0.496 e. The zero-order valence-corrected chi connectivity index (χ0v) is 19.7. The van der Waals surface area contributed by atoms with Crippen molar-refractivity contribution in [2.45, 2.75) is 45.7 Å². The summed E-state index contributed by atoms with van der Waals surface area (Å²) in [5, 5.41) is 14.1. The molecule has 0 aliphatic rings. The highest BCUT2D eigenvalue weighted by Gasteiger charge is 2.33. The maximum Gasteiger partial charge on any atom is 0.271 e. The highest BCUT2D eigenvalue weighted by Crippen LogP contribution is 2.28. The Hall–Kier alpha value is -3.14. The van der Waals surface area contributed by atoms with Gasteiger partial charge in [-0.05, 0) is 43.0 Å². The summed E-state index contributed by atoms with van der Waals surface area (Å²) < 4.78 is 31.5. The van der Waals surface area contributed by atoms with Crippen molar-refractivity contribution in [3.05, 3.63) is 63.7 Å². The van der Waals surface area contributed by atoms with Crippen molar-refractivity contribution in [1.82, 2.24) is 5.32 Å². The van der Waals surface area contributed by atoms with Crippen LogP contribution in [-0.4, -0.2) is 38.7 Å². The third-order valence-electron chi connectivity index (χ3n) is 5.17. The van der Waals surface area contributed by atoms with Crippen LogP contribution in [0.2, 0.25) is 0 Å². The van der Waals surface area contributed by atoms with Crippen molar-refractivity contribution in [3.63, 3.8) is 0 Å². The molecular weight excluding hydrogens is 434 g/mol. The number of anilines is 1. The van der Waals surface area contributed by atoms with E-state index in [1.54, 1.807) is 14.0 Å². The molecule has 0 spiro atoms. The number of sulfonamides is 1. The molecule has 0 radical (unpaired) electrons. The number of carbonyl (C=O) groups is 1. The number of rotatable bonds is 10. The van der Waals surface area contributed by atoms with Gasteiger partial charge in [0.2, 0.25) is 15.9 Å². The van der Waals surface area contributed by atoms with Gasteiger partial charge in [-0.15, -0.1) is 0 Å². The summed E-state index contributed by atoms with van der Waals surface area (Å²) in [5.41, 5.74) is 1.60. The van der Waals surface area contributed by atoms with Crippen molar-refractivity contribution in [1.29, 1.82) is 0 Å². The number of nitro benzene ring substituents is 1. The molecule has 0 heterocycles. The molecule has 10 heteroatoms. The van der Waals surface area contributed by atoms with E-state index in [9.17, 15) is 23.3 Å². The second kappa shape index (κ2) is 10.4. The largest absolute Gasteiger partial charge is 0.496 e. The Kier molecular flexibility index (Phi) is 8.20. The predicted octanol–water partition coefficient (Wildman–Crippen LogP) is 3.72. The first-order valence-electron chi connectivity index (χ1n) is 10.2. The van der Waals surface area contributed by atoms with Gasteiger partial charge in [0, 0.05) is 12.1 Å². The van der Waals surface area contributed by atoms with Crippen molar-refractivity contribution in [3.8, 4) is 5.75 Å². The van der Waals surface area contributed by atoms with Crippen LogP contribution in [0.1, 0.15) is 43.9 Å². The summed E-state index contributed by atoms with van der Waals surface area (Å²) in [5.74, 6) is 0.250. The van der Waals surface area contributed by atoms with Gasteiger partial charge in [-0.25, -0.2) is 8.42 Å². The number of hydrogen-bond acceptors (Lipinski definition) is 6. The molecule has 0 aliphatic heterocycles. The molecule has 174 valence electrons. The number of amides is 1. The second-order valence-electron chi connectivity index (χ2n) is 7.46. The van der Waals surface area contributed by atoms with Crippen LogP contribution >= 0.6 is 0 Å². The summed E-state index contributed by atoms with van der Waals surface area (Å²) in [6.45, 7) is 5.51. The first-order chi connectivity index (χ1) is 15.0. The number of benzene rings is 2. The molecule has 2 aromatic rings. The van der Waals surface area contributed by atoms with E-state index in [-0.39, 0.29) is 23.8 Å². The molecule has 0 aliphatic carbocycles. The molecule has 0 saturated heterocycles. The number of nitrogens with zero attached hydrogens (tertiary/aromatic N) is 2. The van der Waals surface area contributed by atoms with Crippen molar-refractivity contribution < 1.29 is 22.9 Å². The number of hydrogen-bond donors (Lipinski definition) is 1. The zero-order valence-electron chi connectivity index (χ0n) is 18.9. The van der Waals surface area contributed by atoms with Crippen LogP contribution in [0, 0.1) is 17.0 Å². The summed E-state index contributed by atoms with van der Waals surface area (Å²) in [7, 11) is -2.32. The van der Waals surface area contributed by atoms with E-state index < -0.39 is 26.9 Å². The minimum atomic E-state index is -3.91. The fraction of sp³-hybridized carbons (Fsp3) is 0.409. The van der Waals surface area contributed by atoms with Gasteiger partial charge in [0.25, 0.3) is 5.69 Å². The molecule has 1 N–H and O–H groups in total. The fourth-order valence-electron chi connectivity index (χ4n) is 3.61. The quantitative estimate of drug-likeness (QED) is 0.424. The molecule has 2 unspecified atom stereocenters. The first kappa shape index (κ1) is 25.1. The van der Waals surface area contributed by atoms with Crippen molar-refractivity contribution in [2.24, 2.45) is 0 Å². The summed E-state index contributed by atoms with van der Waals surface area (Å²) in [6, 6.07) is 9.44. The Bertz CT molecular complexity index is 1090. The standard InChI is InChI=1S/C22H29N3O6S/c1-6-19(16-11-12-21(31-4)15(3)13-16)23-22(26)20(7-2)24(32(5,29)30)17-9-8-10-18(14-17)25(27)28/h8-14,19-20H,6-7H2,1-5H3,(H,23,26). The van der Waals surface area contributed by atoms with Gasteiger partial charge in [0.15, 0.2) is 0 Å². The van der Waals surface area contributed by atoms with Crippen LogP contribution in [0.3, 0.4) is 0 Å². The molecule has 9 nitrogen and oxygen atoms in total. The maximum absolute atomic E-state index is 13.2. The average Bonchev–Trinajstić information content (AvgIpc) is 2.74. The second-order valence-corrected chi connectivity index (χ2v) is 9.32. The monoisotopic (exact) mass is 463 g/mol. The van der Waals surface area contributed by atoms with Crippen molar-refractivity contribution >= 4 is 27.3 Å². The van der Waals surface area contributed by atoms with E-state index in [2.05, 4.69) is 5.32 Å². The highest BCUT2D eigenvalue weighted by molar-refractivity contribution is 7.92. The molecule has 1 amide bonds. The van der Waals surface area contributed by atoms with Crippen LogP contribution in [0.4, 0.5) is 11.4 Å². The Labute approximate surface area is 188 Å². The van der Waals surface area contributed by atoms with Gasteiger partial charge in [-0.3, -0.25) is 19.2 Å². The molecule has 0 bridgehead atoms. The normalized spacial score (nSPS) is 13.2. The van der Waals surface area contributed by atoms with E-state index >= 15 is 0 Å². The van der Waals surface area contributed by atoms with Gasteiger partial charge in [0.05, 0.1) is 30.0 Å². The molecule has 2 atom stereocenters. The van der Waals surface area contributed by atoms with E-state index in [0.717, 1.165) is 33.5 Å². The van der Waals surface area contributed by atoms with Crippen molar-refractivity contribution in [2.75, 3.05) is 17.7 Å². The van der Waals surface area contributed by atoms with Crippen LogP contribution in [0.5, 0.6) is 5.75 Å². The van der Waals surface area contributed by atoms with E-state index in [4.69, 9.17) is 4.74 Å². The summed E-state index contributed by atoms with van der Waals surface area (Å²) >= 11 is 0. The van der Waals surface area contributed by atoms with Gasteiger partial charge in [-0.1, -0.05) is 32.0 Å². The predicted molar refractivity (Wildman–Crippen MR) is 123 cm³/mol. The third-order valence-corrected chi connectivity index (χ3v) is 6.35. The maximum atomic E-state index is 13.2. The lowest BCUT2D eigenvalue weighted by molar-refractivity contribution is -0.384. The van der Waals surface area contributed by atoms with Crippen LogP contribution in [-0.2, 0) is 14.8 Å². The number of nitro groups is 1. The van der Waals surface area contributed by atoms with E-state index in [1.807, 2.05) is 32.0 Å². The molecule has 0 aromatic heterocycles. The molecule has 2 aromatic carbocycles. The van der Waals surface area contributed by atoms with Crippen LogP contribution < -0.4 is 14.4 Å². The molecule has 32 heavy (non-hydrogen) atoms. The number of methoxy groups -OCH3 is 1. The molecule has 0 fully saturated rings. The molecular formula is C22H29N3O6S. The topological polar surface area (TPSA) is 119 Å². The highest BCUT2D eigenvalue weighted by atomic mass is 32.2. The SMILES string of the molecule is CCC(NC(=O)C(CC)N(c1cccc([N+](=O)[O-])c1)S(C)(=O)=O)c1ccc(OC)c(C)c1. The lowest BCUT2D eigenvalue weighted by atomic mass is 10.0. The zero-order chi connectivity index (χ0) is 24.1. The Balaban J connectivity index is 2.40. The average molecular weight is 464 g/mol. The number of ether oxygens (including phenoxy) is 1. The van der Waals surface area contributed by atoms with Gasteiger partial charge >= 0.3 is 0 Å². The molecule has 0 saturated carbocycles. The minimum absolute atomic E-state index is 0.0667. The number of carbonyl (C=O) groups excluding carboxylic acids is 1. The van der Waals surface area contributed by atoms with E-state index in [1.165, 1.54) is 18.2 Å². The molecule has 2 rings (SSSR count). The Morgan fingerprint density at radius 1 is 1.19 bits per heavy atom. The summed E-state index contributed by atoms with van der Waals surface area (Å²) in [6.07, 6.45) is 1.75. The lowest BCUT2D eigenvalue weighted by Crippen LogP contribution is -2.50. The third kappa shape index (κ3) is 5.76. The fourth-order valence-corrected chi connectivity index (χ4v) is 4.81. The summed E-state index contributed by atoms with van der Waals surface area (Å²) in [4.78, 5) is 23.8. The van der Waals surface area contributed by atoms with E-state index in [0.29, 0.717) is 6.42 Å². The van der Waals surface area contributed by atoms with Gasteiger partial charge in [0.1, 0.15) is 11.8 Å². The first-order valence-corrected chi connectivity index (χ1v) is 12.1. The van der Waals surface area contributed by atoms with Crippen LogP contribution in [0.25, 0.3) is 0 Å². The van der Waals surface area contributed by atoms with Crippen LogP contribution in [0.15, 0.2) is 42.5 Å².